The maximum Gasteiger partial charge on any atom is 0.222 e. The van der Waals surface area contributed by atoms with Crippen LogP contribution in [0.15, 0.2) is 6.20 Å². The number of carbonyl (C=O) groups is 1. The van der Waals surface area contributed by atoms with Crippen LogP contribution in [0.25, 0.3) is 0 Å². The van der Waals surface area contributed by atoms with Crippen molar-refractivity contribution >= 4 is 5.91 Å². The Balaban J connectivity index is 1.63. The summed E-state index contributed by atoms with van der Waals surface area (Å²) in [7, 11) is 2.15. The molecule has 1 fully saturated rings. The van der Waals surface area contributed by atoms with Crippen LogP contribution in [0.3, 0.4) is 0 Å². The third-order valence-corrected chi connectivity index (χ3v) is 5.03. The van der Waals surface area contributed by atoms with Crippen molar-refractivity contribution in [3.8, 4) is 0 Å². The second-order valence-corrected chi connectivity index (χ2v) is 7.10. The van der Waals surface area contributed by atoms with Crippen molar-refractivity contribution in [3.63, 3.8) is 0 Å². The third-order valence-electron chi connectivity index (χ3n) is 5.03. The number of hydrogen-bond acceptors (Lipinski definition) is 3. The maximum absolute atomic E-state index is 12.3. The summed E-state index contributed by atoms with van der Waals surface area (Å²) in [6.07, 6.45) is 6.13. The van der Waals surface area contributed by atoms with E-state index in [1.165, 1.54) is 18.5 Å². The van der Waals surface area contributed by atoms with Gasteiger partial charge in [0, 0.05) is 51.3 Å². The van der Waals surface area contributed by atoms with Gasteiger partial charge >= 0.3 is 0 Å². The van der Waals surface area contributed by atoms with Gasteiger partial charge in [-0.1, -0.05) is 0 Å². The van der Waals surface area contributed by atoms with Gasteiger partial charge in [-0.25, -0.2) is 4.98 Å². The lowest BCUT2D eigenvalue weighted by Crippen LogP contribution is -2.34. The highest BCUT2D eigenvalue weighted by molar-refractivity contribution is 5.76. The topological polar surface area (TPSA) is 41.4 Å². The van der Waals surface area contributed by atoms with Crippen LogP contribution in [0.1, 0.15) is 44.6 Å². The Kier molecular flexibility index (Phi) is 4.52. The molecule has 2 heterocycles. The van der Waals surface area contributed by atoms with Crippen LogP contribution in [0.5, 0.6) is 0 Å². The molecular formula is C17H28N4O. The van der Waals surface area contributed by atoms with Gasteiger partial charge in [0.2, 0.25) is 5.91 Å². The molecule has 0 unspecified atom stereocenters. The van der Waals surface area contributed by atoms with Crippen molar-refractivity contribution in [1.29, 1.82) is 0 Å². The molecule has 0 radical (unpaired) electrons. The summed E-state index contributed by atoms with van der Waals surface area (Å²) in [4.78, 5) is 21.3. The number of imidazole rings is 1. The van der Waals surface area contributed by atoms with Crippen molar-refractivity contribution in [2.75, 3.05) is 20.1 Å². The molecule has 1 aromatic heterocycles. The van der Waals surface area contributed by atoms with Crippen LogP contribution in [-0.4, -0.2) is 51.4 Å². The zero-order chi connectivity index (χ0) is 15.7. The Morgan fingerprint density at radius 3 is 2.82 bits per heavy atom. The number of hydrogen-bond donors (Lipinski definition) is 0. The normalized spacial score (nSPS) is 18.7. The van der Waals surface area contributed by atoms with Gasteiger partial charge in [0.15, 0.2) is 0 Å². The van der Waals surface area contributed by atoms with E-state index in [0.29, 0.717) is 17.9 Å². The number of fused-ring (bicyclic) bond motifs is 1. The smallest absolute Gasteiger partial charge is 0.222 e. The lowest BCUT2D eigenvalue weighted by Gasteiger charge is -2.22. The van der Waals surface area contributed by atoms with E-state index in [0.717, 1.165) is 44.8 Å². The molecule has 0 aromatic carbocycles. The highest BCUT2D eigenvalue weighted by atomic mass is 16.2. The van der Waals surface area contributed by atoms with Gasteiger partial charge in [-0.2, -0.15) is 0 Å². The molecule has 122 valence electrons. The predicted molar refractivity (Wildman–Crippen MR) is 86.5 cm³/mol. The third kappa shape index (κ3) is 3.51. The second-order valence-electron chi connectivity index (χ2n) is 7.10. The van der Waals surface area contributed by atoms with E-state index < -0.39 is 0 Å². The molecule has 1 aromatic rings. The molecule has 1 aliphatic carbocycles. The average molecular weight is 304 g/mol. The minimum atomic E-state index is 0.342. The predicted octanol–water partition coefficient (Wildman–Crippen LogP) is 1.91. The Morgan fingerprint density at radius 1 is 1.36 bits per heavy atom. The Hall–Kier alpha value is -1.36. The molecule has 0 atom stereocenters. The lowest BCUT2D eigenvalue weighted by atomic mass is 10.2. The molecule has 22 heavy (non-hydrogen) atoms. The molecule has 5 heteroatoms. The van der Waals surface area contributed by atoms with Crippen LogP contribution in [0, 0.1) is 5.92 Å². The standard InChI is InChI=1S/C17H28N4O/c1-13(2)19(3)12-15-11-18-16-6-7-20(8-9-21(15)16)17(22)10-14-4-5-14/h11,13-14H,4-10,12H2,1-3H3. The van der Waals surface area contributed by atoms with Crippen molar-refractivity contribution < 1.29 is 4.79 Å². The van der Waals surface area contributed by atoms with Gasteiger partial charge in [0.1, 0.15) is 5.82 Å². The van der Waals surface area contributed by atoms with Crippen LogP contribution in [0.2, 0.25) is 0 Å². The molecule has 0 N–H and O–H groups in total. The molecule has 5 nitrogen and oxygen atoms in total. The number of aromatic nitrogens is 2. The first-order valence-electron chi connectivity index (χ1n) is 8.56. The minimum Gasteiger partial charge on any atom is -0.340 e. The summed E-state index contributed by atoms with van der Waals surface area (Å²) in [5.74, 6) is 2.14. The van der Waals surface area contributed by atoms with Crippen molar-refractivity contribution in [3.05, 3.63) is 17.7 Å². The first kappa shape index (κ1) is 15.5. The quantitative estimate of drug-likeness (QED) is 0.834. The minimum absolute atomic E-state index is 0.342. The molecule has 1 amide bonds. The SMILES string of the molecule is CC(C)N(C)Cc1cnc2n1CCN(C(=O)CC1CC1)CC2. The van der Waals surface area contributed by atoms with E-state index in [2.05, 4.69) is 35.3 Å². The van der Waals surface area contributed by atoms with E-state index in [9.17, 15) is 4.79 Å². The molecule has 0 spiro atoms. The number of amides is 1. The van der Waals surface area contributed by atoms with Crippen LogP contribution >= 0.6 is 0 Å². The first-order valence-corrected chi connectivity index (χ1v) is 8.56. The van der Waals surface area contributed by atoms with Crippen molar-refractivity contribution in [1.82, 2.24) is 19.4 Å². The van der Waals surface area contributed by atoms with Gasteiger partial charge in [-0.15, -0.1) is 0 Å². The molecule has 0 saturated heterocycles. The fourth-order valence-electron chi connectivity index (χ4n) is 3.01. The Labute approximate surface area is 133 Å². The molecule has 1 aliphatic heterocycles. The summed E-state index contributed by atoms with van der Waals surface area (Å²) in [5, 5.41) is 0. The van der Waals surface area contributed by atoms with Gasteiger partial charge in [-0.3, -0.25) is 9.69 Å². The zero-order valence-electron chi connectivity index (χ0n) is 14.1. The number of nitrogens with zero attached hydrogens (tertiary/aromatic N) is 4. The van der Waals surface area contributed by atoms with Gasteiger partial charge in [-0.05, 0) is 39.7 Å². The monoisotopic (exact) mass is 304 g/mol. The summed E-state index contributed by atoms with van der Waals surface area (Å²) >= 11 is 0. The van der Waals surface area contributed by atoms with E-state index in [1.807, 2.05) is 11.1 Å². The van der Waals surface area contributed by atoms with Gasteiger partial charge in [0.25, 0.3) is 0 Å². The molecule has 3 rings (SSSR count). The average Bonchev–Trinajstić information content (AvgIpc) is 3.24. The summed E-state index contributed by atoms with van der Waals surface area (Å²) in [6, 6.07) is 0.522. The van der Waals surface area contributed by atoms with Crippen LogP contribution in [-0.2, 0) is 24.3 Å². The van der Waals surface area contributed by atoms with E-state index in [-0.39, 0.29) is 0 Å². The fraction of sp³-hybridized carbons (Fsp3) is 0.765. The maximum atomic E-state index is 12.3. The highest BCUT2D eigenvalue weighted by Crippen LogP contribution is 2.33. The van der Waals surface area contributed by atoms with E-state index in [1.54, 1.807) is 0 Å². The van der Waals surface area contributed by atoms with Gasteiger partial charge in [0.05, 0.1) is 5.69 Å². The van der Waals surface area contributed by atoms with E-state index >= 15 is 0 Å². The Morgan fingerprint density at radius 2 is 2.14 bits per heavy atom. The molecule has 1 saturated carbocycles. The molecule has 2 aliphatic rings. The van der Waals surface area contributed by atoms with Crippen LogP contribution < -0.4 is 0 Å². The molecular weight excluding hydrogens is 276 g/mol. The van der Waals surface area contributed by atoms with Crippen LogP contribution in [0.4, 0.5) is 0 Å². The van der Waals surface area contributed by atoms with Gasteiger partial charge < -0.3 is 9.47 Å². The van der Waals surface area contributed by atoms with Crippen molar-refractivity contribution in [2.24, 2.45) is 5.92 Å². The fourth-order valence-corrected chi connectivity index (χ4v) is 3.01. The second kappa shape index (κ2) is 6.41. The lowest BCUT2D eigenvalue weighted by molar-refractivity contribution is -0.131. The number of carbonyl (C=O) groups excluding carboxylic acids is 1. The largest absolute Gasteiger partial charge is 0.340 e. The summed E-state index contributed by atoms with van der Waals surface area (Å²) in [5.41, 5.74) is 1.27. The summed E-state index contributed by atoms with van der Waals surface area (Å²) in [6.45, 7) is 7.86. The van der Waals surface area contributed by atoms with E-state index in [4.69, 9.17) is 0 Å². The molecule has 0 bridgehead atoms. The highest BCUT2D eigenvalue weighted by Gasteiger charge is 2.28. The zero-order valence-corrected chi connectivity index (χ0v) is 14.1. The Bertz CT molecular complexity index is 533. The summed E-state index contributed by atoms with van der Waals surface area (Å²) < 4.78 is 2.32. The number of rotatable bonds is 5. The van der Waals surface area contributed by atoms with Crippen molar-refractivity contribution in [2.45, 2.75) is 58.7 Å². The first-order chi connectivity index (χ1) is 10.5.